The van der Waals surface area contributed by atoms with E-state index in [-0.39, 0.29) is 11.9 Å². The molecule has 2 aromatic carbocycles. The number of ether oxygens (including phenoxy) is 1. The molecule has 0 spiro atoms. The molecule has 1 atom stereocenters. The number of benzene rings is 2. The highest BCUT2D eigenvalue weighted by Gasteiger charge is 2.21. The van der Waals surface area contributed by atoms with E-state index in [1.807, 2.05) is 43.3 Å². The number of Topliss-reactive ketones (excluding diaryl/α,β-unsaturated/α-hetero) is 1. The number of likely N-dealkylation sites (N-methyl/N-ethyl adjacent to an activating group) is 1. The number of hydrogen-bond donors (Lipinski definition) is 2. The van der Waals surface area contributed by atoms with E-state index in [9.17, 15) is 4.79 Å². The van der Waals surface area contributed by atoms with Crippen molar-refractivity contribution in [1.82, 2.24) is 5.32 Å². The Bertz CT molecular complexity index is 655. The third kappa shape index (κ3) is 3.12. The van der Waals surface area contributed by atoms with Crippen LogP contribution in [0.15, 0.2) is 48.5 Å². The van der Waals surface area contributed by atoms with Crippen LogP contribution in [0.3, 0.4) is 0 Å². The summed E-state index contributed by atoms with van der Waals surface area (Å²) in [5.74, 6) is 0.886. The van der Waals surface area contributed by atoms with E-state index in [1.54, 1.807) is 0 Å². The van der Waals surface area contributed by atoms with Crippen molar-refractivity contribution in [1.29, 1.82) is 0 Å². The highest BCUT2D eigenvalue weighted by atomic mass is 16.5. The van der Waals surface area contributed by atoms with Crippen LogP contribution in [0.4, 0.5) is 5.69 Å². The molecule has 0 amide bonds. The van der Waals surface area contributed by atoms with Crippen molar-refractivity contribution < 1.29 is 9.53 Å². The highest BCUT2D eigenvalue weighted by Crippen LogP contribution is 2.34. The summed E-state index contributed by atoms with van der Waals surface area (Å²) in [6.07, 6.45) is -0.00277. The smallest absolute Gasteiger partial charge is 0.176 e. The van der Waals surface area contributed by atoms with Crippen LogP contribution in [0, 0.1) is 0 Å². The minimum Gasteiger partial charge on any atom is -0.482 e. The van der Waals surface area contributed by atoms with Gasteiger partial charge in [-0.15, -0.1) is 0 Å². The van der Waals surface area contributed by atoms with Crippen molar-refractivity contribution in [2.75, 3.05) is 25.0 Å². The average molecular weight is 296 g/mol. The lowest BCUT2D eigenvalue weighted by molar-refractivity contribution is 0.0991. The average Bonchev–Trinajstić information content (AvgIpc) is 2.59. The first kappa shape index (κ1) is 14.6. The van der Waals surface area contributed by atoms with E-state index in [4.69, 9.17) is 4.74 Å². The normalized spacial score (nSPS) is 16.3. The van der Waals surface area contributed by atoms with Gasteiger partial charge in [0.25, 0.3) is 0 Å². The van der Waals surface area contributed by atoms with Crippen molar-refractivity contribution in [3.63, 3.8) is 0 Å². The van der Waals surface area contributed by atoms with Crippen LogP contribution < -0.4 is 15.4 Å². The van der Waals surface area contributed by atoms with E-state index >= 15 is 0 Å². The Morgan fingerprint density at radius 1 is 1.27 bits per heavy atom. The third-order valence-corrected chi connectivity index (χ3v) is 3.76. The molecule has 3 rings (SSSR count). The molecular formula is C18H20N2O2. The van der Waals surface area contributed by atoms with Crippen LogP contribution in [0.25, 0.3) is 0 Å². The number of carbonyl (C=O) groups excluding carboxylic acids is 1. The van der Waals surface area contributed by atoms with Crippen LogP contribution in [-0.2, 0) is 0 Å². The number of carbonyl (C=O) groups is 1. The molecule has 0 radical (unpaired) electrons. The SMILES string of the molecule is CCNCC(=O)c1ccc2c(c1)NCC(c1ccccc1)O2. The van der Waals surface area contributed by atoms with Gasteiger partial charge in [-0.25, -0.2) is 0 Å². The molecule has 1 unspecified atom stereocenters. The maximum absolute atomic E-state index is 12.0. The number of rotatable bonds is 5. The Hall–Kier alpha value is -2.33. The summed E-state index contributed by atoms with van der Waals surface area (Å²) in [5, 5.41) is 6.42. The van der Waals surface area contributed by atoms with Crippen LogP contribution in [0.5, 0.6) is 5.75 Å². The van der Waals surface area contributed by atoms with E-state index in [0.29, 0.717) is 18.7 Å². The zero-order valence-corrected chi connectivity index (χ0v) is 12.6. The van der Waals surface area contributed by atoms with Gasteiger partial charge in [-0.05, 0) is 30.3 Å². The second kappa shape index (κ2) is 6.62. The van der Waals surface area contributed by atoms with Crippen molar-refractivity contribution in [3.8, 4) is 5.75 Å². The number of hydrogen-bond acceptors (Lipinski definition) is 4. The molecule has 0 fully saturated rings. The van der Waals surface area contributed by atoms with E-state index in [1.165, 1.54) is 0 Å². The van der Waals surface area contributed by atoms with E-state index in [2.05, 4.69) is 22.8 Å². The lowest BCUT2D eigenvalue weighted by atomic mass is 10.1. The molecule has 0 aromatic heterocycles. The molecule has 0 saturated carbocycles. The highest BCUT2D eigenvalue weighted by molar-refractivity contribution is 5.98. The first-order valence-electron chi connectivity index (χ1n) is 7.61. The van der Waals surface area contributed by atoms with Crippen LogP contribution in [0.2, 0.25) is 0 Å². The molecule has 114 valence electrons. The summed E-state index contributed by atoms with van der Waals surface area (Å²) in [6.45, 7) is 3.83. The van der Waals surface area contributed by atoms with Gasteiger partial charge < -0.3 is 15.4 Å². The van der Waals surface area contributed by atoms with E-state index < -0.39 is 0 Å². The van der Waals surface area contributed by atoms with Crippen molar-refractivity contribution >= 4 is 11.5 Å². The van der Waals surface area contributed by atoms with Crippen molar-refractivity contribution in [2.45, 2.75) is 13.0 Å². The van der Waals surface area contributed by atoms with Crippen LogP contribution in [-0.4, -0.2) is 25.4 Å². The number of nitrogens with one attached hydrogen (secondary N) is 2. The monoisotopic (exact) mass is 296 g/mol. The lowest BCUT2D eigenvalue weighted by Gasteiger charge is -2.28. The Morgan fingerprint density at radius 2 is 2.09 bits per heavy atom. The molecule has 0 aliphatic carbocycles. The minimum absolute atomic E-state index is 0.00277. The van der Waals surface area contributed by atoms with E-state index in [0.717, 1.165) is 23.5 Å². The molecule has 1 aliphatic rings. The van der Waals surface area contributed by atoms with Gasteiger partial charge in [0, 0.05) is 5.56 Å². The fourth-order valence-electron chi connectivity index (χ4n) is 2.54. The first-order chi connectivity index (χ1) is 10.8. The molecule has 2 N–H and O–H groups in total. The molecule has 4 heteroatoms. The zero-order valence-electron chi connectivity index (χ0n) is 12.6. The van der Waals surface area contributed by atoms with Gasteiger partial charge in [0.05, 0.1) is 18.8 Å². The summed E-state index contributed by atoms with van der Waals surface area (Å²) < 4.78 is 6.04. The Morgan fingerprint density at radius 3 is 2.86 bits per heavy atom. The summed E-state index contributed by atoms with van der Waals surface area (Å²) in [4.78, 5) is 12.0. The summed E-state index contributed by atoms with van der Waals surface area (Å²) in [7, 11) is 0. The number of fused-ring (bicyclic) bond motifs is 1. The molecule has 0 saturated heterocycles. The fourth-order valence-corrected chi connectivity index (χ4v) is 2.54. The van der Waals surface area contributed by atoms with Gasteiger partial charge in [0.15, 0.2) is 5.78 Å². The Labute approximate surface area is 130 Å². The van der Waals surface area contributed by atoms with Gasteiger partial charge in [0.1, 0.15) is 11.9 Å². The maximum Gasteiger partial charge on any atom is 0.176 e. The second-order valence-corrected chi connectivity index (χ2v) is 5.31. The first-order valence-corrected chi connectivity index (χ1v) is 7.61. The van der Waals surface area contributed by atoms with Crippen LogP contribution in [0.1, 0.15) is 28.9 Å². The number of ketones is 1. The molecule has 2 aromatic rings. The Balaban J connectivity index is 1.75. The third-order valence-electron chi connectivity index (χ3n) is 3.76. The standard InChI is InChI=1S/C18H20N2O2/c1-2-19-11-16(21)14-8-9-17-15(10-14)20-12-18(22-17)13-6-4-3-5-7-13/h3-10,18-20H,2,11-12H2,1H3. The van der Waals surface area contributed by atoms with Crippen molar-refractivity contribution in [2.24, 2.45) is 0 Å². The molecule has 22 heavy (non-hydrogen) atoms. The lowest BCUT2D eigenvalue weighted by Crippen LogP contribution is -2.25. The molecule has 0 bridgehead atoms. The van der Waals surface area contributed by atoms with Gasteiger partial charge >= 0.3 is 0 Å². The van der Waals surface area contributed by atoms with Gasteiger partial charge in [-0.2, -0.15) is 0 Å². The number of anilines is 1. The fraction of sp³-hybridized carbons (Fsp3) is 0.278. The predicted octanol–water partition coefficient (Wildman–Crippen LogP) is 3.02. The quantitative estimate of drug-likeness (QED) is 0.833. The molecule has 1 heterocycles. The summed E-state index contributed by atoms with van der Waals surface area (Å²) in [6, 6.07) is 15.7. The summed E-state index contributed by atoms with van der Waals surface area (Å²) in [5.41, 5.74) is 2.73. The largest absolute Gasteiger partial charge is 0.482 e. The predicted molar refractivity (Wildman–Crippen MR) is 87.6 cm³/mol. The zero-order chi connectivity index (χ0) is 15.4. The molecule has 1 aliphatic heterocycles. The van der Waals surface area contributed by atoms with Gasteiger partial charge in [0.2, 0.25) is 0 Å². The van der Waals surface area contributed by atoms with Gasteiger partial charge in [-0.1, -0.05) is 37.3 Å². The molecule has 4 nitrogen and oxygen atoms in total. The van der Waals surface area contributed by atoms with Gasteiger partial charge in [-0.3, -0.25) is 4.79 Å². The maximum atomic E-state index is 12.0. The van der Waals surface area contributed by atoms with Crippen LogP contribution >= 0.6 is 0 Å². The van der Waals surface area contributed by atoms with Crippen molar-refractivity contribution in [3.05, 3.63) is 59.7 Å². The Kier molecular flexibility index (Phi) is 4.39. The minimum atomic E-state index is -0.00277. The molecular weight excluding hydrogens is 276 g/mol. The topological polar surface area (TPSA) is 50.4 Å². The summed E-state index contributed by atoms with van der Waals surface area (Å²) >= 11 is 0. The second-order valence-electron chi connectivity index (χ2n) is 5.31.